The molecule has 5 rings (SSSR count). The fourth-order valence-corrected chi connectivity index (χ4v) is 4.47. The van der Waals surface area contributed by atoms with Gasteiger partial charge in [0.2, 0.25) is 0 Å². The number of aromatic nitrogens is 2. The first-order valence-electron chi connectivity index (χ1n) is 10.7. The van der Waals surface area contributed by atoms with Crippen LogP contribution >= 0.6 is 0 Å². The minimum atomic E-state index is 0.0817. The van der Waals surface area contributed by atoms with Gasteiger partial charge in [-0.15, -0.1) is 0 Å². The molecule has 1 amide bonds. The van der Waals surface area contributed by atoms with Crippen LogP contribution in [0.5, 0.6) is 0 Å². The molecule has 0 unspecified atom stereocenters. The SMILES string of the molecule is O=C(c1ccc(N[C@H]2COC[C@H]2Cc2ccnc3ccccc23)nc1)N1CCCC1. The molecule has 6 nitrogen and oxygen atoms in total. The number of pyridine rings is 2. The molecule has 3 aromatic rings. The van der Waals surface area contributed by atoms with Gasteiger partial charge in [0.1, 0.15) is 5.82 Å². The number of hydrogen-bond acceptors (Lipinski definition) is 5. The summed E-state index contributed by atoms with van der Waals surface area (Å²) in [4.78, 5) is 23.4. The maximum Gasteiger partial charge on any atom is 0.255 e. The van der Waals surface area contributed by atoms with Gasteiger partial charge < -0.3 is 15.0 Å². The van der Waals surface area contributed by atoms with E-state index in [1.54, 1.807) is 6.20 Å². The maximum absolute atomic E-state index is 12.5. The van der Waals surface area contributed by atoms with Crippen molar-refractivity contribution in [2.45, 2.75) is 25.3 Å². The highest BCUT2D eigenvalue weighted by atomic mass is 16.5. The van der Waals surface area contributed by atoms with Crippen LogP contribution in [0.1, 0.15) is 28.8 Å². The van der Waals surface area contributed by atoms with Gasteiger partial charge in [-0.05, 0) is 49.1 Å². The molecule has 6 heteroatoms. The lowest BCUT2D eigenvalue weighted by Gasteiger charge is -2.20. The Morgan fingerprint density at radius 2 is 1.93 bits per heavy atom. The van der Waals surface area contributed by atoms with E-state index in [1.807, 2.05) is 29.3 Å². The molecule has 2 aromatic heterocycles. The third-order valence-electron chi connectivity index (χ3n) is 6.16. The Morgan fingerprint density at radius 1 is 1.07 bits per heavy atom. The van der Waals surface area contributed by atoms with Gasteiger partial charge in [-0.2, -0.15) is 0 Å². The lowest BCUT2D eigenvalue weighted by molar-refractivity contribution is 0.0792. The zero-order valence-electron chi connectivity index (χ0n) is 17.0. The molecule has 0 aliphatic carbocycles. The number of benzene rings is 1. The monoisotopic (exact) mass is 402 g/mol. The molecule has 2 aliphatic rings. The highest BCUT2D eigenvalue weighted by Crippen LogP contribution is 2.26. The second kappa shape index (κ2) is 8.40. The van der Waals surface area contributed by atoms with Gasteiger partial charge in [0, 0.05) is 36.8 Å². The summed E-state index contributed by atoms with van der Waals surface area (Å²) in [7, 11) is 0. The number of hydrogen-bond donors (Lipinski definition) is 1. The van der Waals surface area contributed by atoms with Gasteiger partial charge >= 0.3 is 0 Å². The summed E-state index contributed by atoms with van der Waals surface area (Å²) in [6, 6.07) is 14.3. The van der Waals surface area contributed by atoms with E-state index >= 15 is 0 Å². The summed E-state index contributed by atoms with van der Waals surface area (Å²) in [5.74, 6) is 1.22. The highest BCUT2D eigenvalue weighted by Gasteiger charge is 2.29. The Labute approximate surface area is 176 Å². The summed E-state index contributed by atoms with van der Waals surface area (Å²) in [5, 5.41) is 4.72. The van der Waals surface area contributed by atoms with Gasteiger partial charge in [0.15, 0.2) is 0 Å². The molecule has 2 fully saturated rings. The minimum absolute atomic E-state index is 0.0817. The van der Waals surface area contributed by atoms with Crippen molar-refractivity contribution >= 4 is 22.6 Å². The predicted octanol–water partition coefficient (Wildman–Crippen LogP) is 3.54. The Bertz CT molecular complexity index is 1030. The molecule has 2 aliphatic heterocycles. The number of ether oxygens (including phenoxy) is 1. The normalized spacial score (nSPS) is 21.3. The van der Waals surface area contributed by atoms with Crippen LogP contribution in [0, 0.1) is 5.92 Å². The number of carbonyl (C=O) groups excluding carboxylic acids is 1. The van der Waals surface area contributed by atoms with E-state index in [9.17, 15) is 4.79 Å². The van der Waals surface area contributed by atoms with E-state index in [0.717, 1.165) is 50.3 Å². The van der Waals surface area contributed by atoms with Crippen LogP contribution in [0.4, 0.5) is 5.82 Å². The zero-order valence-corrected chi connectivity index (χ0v) is 17.0. The van der Waals surface area contributed by atoms with Gasteiger partial charge in [0.25, 0.3) is 5.91 Å². The van der Waals surface area contributed by atoms with Gasteiger partial charge in [-0.3, -0.25) is 9.78 Å². The minimum Gasteiger partial charge on any atom is -0.379 e. The second-order valence-electron chi connectivity index (χ2n) is 8.17. The molecule has 1 N–H and O–H groups in total. The van der Waals surface area contributed by atoms with Crippen LogP contribution in [0.3, 0.4) is 0 Å². The van der Waals surface area contributed by atoms with Crippen LogP contribution in [-0.4, -0.2) is 53.1 Å². The van der Waals surface area contributed by atoms with Crippen LogP contribution in [0.15, 0.2) is 54.9 Å². The second-order valence-corrected chi connectivity index (χ2v) is 8.17. The fraction of sp³-hybridized carbons (Fsp3) is 0.375. The van der Waals surface area contributed by atoms with Crippen molar-refractivity contribution in [1.29, 1.82) is 0 Å². The van der Waals surface area contributed by atoms with Crippen LogP contribution in [0.25, 0.3) is 10.9 Å². The van der Waals surface area contributed by atoms with E-state index in [2.05, 4.69) is 39.6 Å². The molecule has 1 aromatic carbocycles. The molecule has 30 heavy (non-hydrogen) atoms. The molecule has 2 saturated heterocycles. The number of anilines is 1. The summed E-state index contributed by atoms with van der Waals surface area (Å²) >= 11 is 0. The Hall–Kier alpha value is -2.99. The topological polar surface area (TPSA) is 67.3 Å². The number of para-hydroxylation sites is 1. The first-order valence-corrected chi connectivity index (χ1v) is 10.7. The molecule has 0 bridgehead atoms. The van der Waals surface area contributed by atoms with E-state index in [1.165, 1.54) is 10.9 Å². The van der Waals surface area contributed by atoms with Crippen molar-refractivity contribution in [3.05, 3.63) is 66.0 Å². The molecule has 4 heterocycles. The number of rotatable bonds is 5. The van der Waals surface area contributed by atoms with E-state index < -0.39 is 0 Å². The van der Waals surface area contributed by atoms with Crippen molar-refractivity contribution in [3.63, 3.8) is 0 Å². The number of nitrogens with zero attached hydrogens (tertiary/aromatic N) is 3. The third kappa shape index (κ3) is 3.87. The summed E-state index contributed by atoms with van der Waals surface area (Å²) < 4.78 is 5.79. The lowest BCUT2D eigenvalue weighted by Crippen LogP contribution is -2.30. The Kier molecular flexibility index (Phi) is 5.32. The number of nitrogens with one attached hydrogen (secondary N) is 1. The maximum atomic E-state index is 12.5. The Morgan fingerprint density at radius 3 is 2.77 bits per heavy atom. The summed E-state index contributed by atoms with van der Waals surface area (Å²) in [6.45, 7) is 3.08. The average Bonchev–Trinajstić information content (AvgIpc) is 3.47. The Balaban J connectivity index is 1.27. The van der Waals surface area contributed by atoms with Crippen molar-refractivity contribution in [3.8, 4) is 0 Å². The number of fused-ring (bicyclic) bond motifs is 1. The lowest BCUT2D eigenvalue weighted by atomic mass is 9.93. The fourth-order valence-electron chi connectivity index (χ4n) is 4.47. The van der Waals surface area contributed by atoms with Crippen LogP contribution in [0.2, 0.25) is 0 Å². The standard InChI is InChI=1S/C24H26N4O2/c29-24(28-11-3-4-12-28)18-7-8-23(26-14-18)27-22-16-30-15-19(22)13-17-9-10-25-21-6-2-1-5-20(17)21/h1-2,5-10,14,19,22H,3-4,11-13,15-16H2,(H,26,27)/t19-,22+/m1/s1. The summed E-state index contributed by atoms with van der Waals surface area (Å²) in [5.41, 5.74) is 2.98. The number of carbonyl (C=O) groups is 1. The molecule has 0 radical (unpaired) electrons. The van der Waals surface area contributed by atoms with Crippen molar-refractivity contribution in [2.75, 3.05) is 31.6 Å². The quantitative estimate of drug-likeness (QED) is 0.707. The summed E-state index contributed by atoms with van der Waals surface area (Å²) in [6.07, 6.45) is 6.67. The molecule has 0 saturated carbocycles. The van der Waals surface area contributed by atoms with E-state index in [0.29, 0.717) is 18.1 Å². The van der Waals surface area contributed by atoms with Crippen molar-refractivity contribution in [2.24, 2.45) is 5.92 Å². The number of amides is 1. The molecular formula is C24H26N4O2. The third-order valence-corrected chi connectivity index (χ3v) is 6.16. The first kappa shape index (κ1) is 19.0. The molecule has 2 atom stereocenters. The van der Waals surface area contributed by atoms with Crippen molar-refractivity contribution in [1.82, 2.24) is 14.9 Å². The van der Waals surface area contributed by atoms with E-state index in [-0.39, 0.29) is 11.9 Å². The largest absolute Gasteiger partial charge is 0.379 e. The smallest absolute Gasteiger partial charge is 0.255 e. The van der Waals surface area contributed by atoms with Crippen molar-refractivity contribution < 1.29 is 9.53 Å². The molecule has 154 valence electrons. The van der Waals surface area contributed by atoms with Gasteiger partial charge in [-0.1, -0.05) is 18.2 Å². The average molecular weight is 402 g/mol. The molecular weight excluding hydrogens is 376 g/mol. The predicted molar refractivity (Wildman–Crippen MR) is 117 cm³/mol. The van der Waals surface area contributed by atoms with E-state index in [4.69, 9.17) is 4.74 Å². The van der Waals surface area contributed by atoms with Gasteiger partial charge in [0.05, 0.1) is 30.3 Å². The highest BCUT2D eigenvalue weighted by molar-refractivity contribution is 5.94. The van der Waals surface area contributed by atoms with Gasteiger partial charge in [-0.25, -0.2) is 4.98 Å². The van der Waals surface area contributed by atoms with Crippen LogP contribution in [-0.2, 0) is 11.2 Å². The first-order chi connectivity index (χ1) is 14.8. The zero-order chi connectivity index (χ0) is 20.3. The molecule has 0 spiro atoms. The van der Waals surface area contributed by atoms with Crippen LogP contribution < -0.4 is 5.32 Å². The number of likely N-dealkylation sites (tertiary alicyclic amines) is 1.